The van der Waals surface area contributed by atoms with Crippen molar-refractivity contribution in [3.8, 4) is 0 Å². The van der Waals surface area contributed by atoms with Crippen molar-refractivity contribution in [3.05, 3.63) is 58.4 Å². The van der Waals surface area contributed by atoms with Crippen molar-refractivity contribution in [1.82, 2.24) is 4.98 Å². The van der Waals surface area contributed by atoms with E-state index in [2.05, 4.69) is 4.98 Å². The predicted octanol–water partition coefficient (Wildman–Crippen LogP) is 4.39. The molecule has 0 saturated heterocycles. The standard InChI is InChI=1S/C22H27NO4/c1-6-13(2)19(17-10-8-7-9-11-17)22(26)27-12-18(25)21-14(3)20(16(5)24)15(4)23-21/h7-11,13,19,23H,6,12H2,1-5H3/t13-,19-/m1/s1. The molecule has 0 fully saturated rings. The van der Waals surface area contributed by atoms with Gasteiger partial charge in [0.05, 0.1) is 11.6 Å². The second-order valence-corrected chi connectivity index (χ2v) is 6.99. The highest BCUT2D eigenvalue weighted by Crippen LogP contribution is 2.28. The number of nitrogens with one attached hydrogen (secondary N) is 1. The highest BCUT2D eigenvalue weighted by molar-refractivity contribution is 6.04. The Morgan fingerprint density at radius 2 is 1.74 bits per heavy atom. The van der Waals surface area contributed by atoms with Crippen molar-refractivity contribution < 1.29 is 19.1 Å². The largest absolute Gasteiger partial charge is 0.457 e. The van der Waals surface area contributed by atoms with Crippen molar-refractivity contribution in [2.24, 2.45) is 5.92 Å². The van der Waals surface area contributed by atoms with E-state index in [1.54, 1.807) is 13.8 Å². The Morgan fingerprint density at radius 1 is 1.11 bits per heavy atom. The van der Waals surface area contributed by atoms with E-state index < -0.39 is 11.9 Å². The molecule has 2 rings (SSSR count). The number of hydrogen-bond acceptors (Lipinski definition) is 4. The topological polar surface area (TPSA) is 76.2 Å². The summed E-state index contributed by atoms with van der Waals surface area (Å²) >= 11 is 0. The number of H-pyrrole nitrogens is 1. The fourth-order valence-electron chi connectivity index (χ4n) is 3.45. The molecule has 1 aromatic carbocycles. The maximum absolute atomic E-state index is 12.7. The van der Waals surface area contributed by atoms with Gasteiger partial charge in [-0.2, -0.15) is 0 Å². The van der Waals surface area contributed by atoms with Crippen molar-refractivity contribution in [2.75, 3.05) is 6.61 Å². The fourth-order valence-corrected chi connectivity index (χ4v) is 3.45. The van der Waals surface area contributed by atoms with Crippen molar-refractivity contribution in [3.63, 3.8) is 0 Å². The van der Waals surface area contributed by atoms with Crippen LogP contribution in [-0.4, -0.2) is 29.1 Å². The van der Waals surface area contributed by atoms with Gasteiger partial charge in [0.2, 0.25) is 5.78 Å². The molecule has 0 saturated carbocycles. The number of aryl methyl sites for hydroxylation is 1. The number of ketones is 2. The second kappa shape index (κ2) is 8.80. The van der Waals surface area contributed by atoms with Gasteiger partial charge >= 0.3 is 5.97 Å². The van der Waals surface area contributed by atoms with E-state index in [0.29, 0.717) is 22.5 Å². The van der Waals surface area contributed by atoms with Gasteiger partial charge in [-0.15, -0.1) is 0 Å². The molecule has 0 amide bonds. The lowest BCUT2D eigenvalue weighted by Gasteiger charge is -2.21. The van der Waals surface area contributed by atoms with E-state index in [0.717, 1.165) is 12.0 Å². The van der Waals surface area contributed by atoms with E-state index in [1.165, 1.54) is 6.92 Å². The first kappa shape index (κ1) is 20.6. The maximum Gasteiger partial charge on any atom is 0.314 e. The Morgan fingerprint density at radius 3 is 2.26 bits per heavy atom. The van der Waals surface area contributed by atoms with Gasteiger partial charge in [0.25, 0.3) is 0 Å². The van der Waals surface area contributed by atoms with Gasteiger partial charge in [0.15, 0.2) is 12.4 Å². The summed E-state index contributed by atoms with van der Waals surface area (Å²) in [6, 6.07) is 9.47. The molecule has 0 aliphatic carbocycles. The molecule has 0 aliphatic rings. The molecule has 0 unspecified atom stereocenters. The first-order valence-corrected chi connectivity index (χ1v) is 9.22. The lowest BCUT2D eigenvalue weighted by atomic mass is 9.85. The molecular formula is C22H27NO4. The summed E-state index contributed by atoms with van der Waals surface area (Å²) in [5.74, 6) is -1.17. The molecule has 5 heteroatoms. The molecule has 2 aromatic rings. The molecule has 5 nitrogen and oxygen atoms in total. The van der Waals surface area contributed by atoms with Crippen LogP contribution in [-0.2, 0) is 9.53 Å². The number of Topliss-reactive ketones (excluding diaryl/α,β-unsaturated/α-hetero) is 2. The van der Waals surface area contributed by atoms with E-state index in [1.807, 2.05) is 44.2 Å². The third-order valence-corrected chi connectivity index (χ3v) is 5.04. The summed E-state index contributed by atoms with van der Waals surface area (Å²) < 4.78 is 5.37. The smallest absolute Gasteiger partial charge is 0.314 e. The van der Waals surface area contributed by atoms with Crippen LogP contribution in [0.1, 0.15) is 70.8 Å². The Kier molecular flexibility index (Phi) is 6.72. The second-order valence-electron chi connectivity index (χ2n) is 6.99. The first-order valence-electron chi connectivity index (χ1n) is 9.22. The maximum atomic E-state index is 12.7. The van der Waals surface area contributed by atoms with Gasteiger partial charge in [-0.25, -0.2) is 0 Å². The van der Waals surface area contributed by atoms with Gasteiger partial charge in [0, 0.05) is 11.3 Å². The minimum atomic E-state index is -0.414. The predicted molar refractivity (Wildman–Crippen MR) is 104 cm³/mol. The lowest BCUT2D eigenvalue weighted by molar-refractivity contribution is -0.145. The summed E-state index contributed by atoms with van der Waals surface area (Å²) in [5.41, 5.74) is 2.98. The quantitative estimate of drug-likeness (QED) is 0.553. The lowest BCUT2D eigenvalue weighted by Crippen LogP contribution is -2.25. The molecule has 1 heterocycles. The zero-order valence-corrected chi connectivity index (χ0v) is 16.6. The van der Waals surface area contributed by atoms with Crippen molar-refractivity contribution in [2.45, 2.75) is 47.0 Å². The van der Waals surface area contributed by atoms with Crippen LogP contribution < -0.4 is 0 Å². The third-order valence-electron chi connectivity index (χ3n) is 5.04. The number of aromatic amines is 1. The van der Waals surface area contributed by atoms with Gasteiger partial charge in [-0.3, -0.25) is 14.4 Å². The molecule has 0 bridgehead atoms. The summed E-state index contributed by atoms with van der Waals surface area (Å²) in [6.07, 6.45) is 0.819. The van der Waals surface area contributed by atoms with Crippen molar-refractivity contribution >= 4 is 17.5 Å². The number of ether oxygens (including phenoxy) is 1. The fraction of sp³-hybridized carbons (Fsp3) is 0.409. The summed E-state index contributed by atoms with van der Waals surface area (Å²) in [5, 5.41) is 0. The third kappa shape index (κ3) is 4.54. The summed E-state index contributed by atoms with van der Waals surface area (Å²) in [4.78, 5) is 39.9. The van der Waals surface area contributed by atoms with Crippen LogP contribution in [0.4, 0.5) is 0 Å². The average Bonchev–Trinajstić information content (AvgIpc) is 2.95. The molecule has 1 N–H and O–H groups in total. The summed E-state index contributed by atoms with van der Waals surface area (Å²) in [6.45, 7) is 8.61. The van der Waals surface area contributed by atoms with Crippen LogP contribution in [0.3, 0.4) is 0 Å². The number of carbonyl (C=O) groups is 3. The number of esters is 1. The molecule has 0 aliphatic heterocycles. The van der Waals surface area contributed by atoms with Crippen molar-refractivity contribution in [1.29, 1.82) is 0 Å². The van der Waals surface area contributed by atoms with Crippen LogP contribution in [0.2, 0.25) is 0 Å². The number of carbonyl (C=O) groups excluding carboxylic acids is 3. The Balaban J connectivity index is 2.15. The summed E-state index contributed by atoms with van der Waals surface area (Å²) in [7, 11) is 0. The highest BCUT2D eigenvalue weighted by atomic mass is 16.5. The van der Waals surface area contributed by atoms with Crippen LogP contribution >= 0.6 is 0 Å². The zero-order valence-electron chi connectivity index (χ0n) is 16.6. The molecular weight excluding hydrogens is 342 g/mol. The van der Waals surface area contributed by atoms with E-state index in [9.17, 15) is 14.4 Å². The van der Waals surface area contributed by atoms with Gasteiger partial charge in [-0.05, 0) is 37.8 Å². The minimum absolute atomic E-state index is 0.0915. The molecule has 2 atom stereocenters. The van der Waals surface area contributed by atoms with Crippen LogP contribution in [0.5, 0.6) is 0 Å². The number of rotatable bonds is 8. The van der Waals surface area contributed by atoms with E-state index >= 15 is 0 Å². The Bertz CT molecular complexity index is 835. The van der Waals surface area contributed by atoms with Gasteiger partial charge < -0.3 is 9.72 Å². The number of aromatic nitrogens is 1. The average molecular weight is 369 g/mol. The Hall–Kier alpha value is -2.69. The molecule has 1 aromatic heterocycles. The zero-order chi connectivity index (χ0) is 20.1. The number of benzene rings is 1. The number of hydrogen-bond donors (Lipinski definition) is 1. The SMILES string of the molecule is CC[C@@H](C)[C@@H](C(=O)OCC(=O)c1[nH]c(C)c(C(C)=O)c1C)c1ccccc1. The van der Waals surface area contributed by atoms with Gasteiger partial charge in [0.1, 0.15) is 0 Å². The van der Waals surface area contributed by atoms with Gasteiger partial charge in [-0.1, -0.05) is 50.6 Å². The van der Waals surface area contributed by atoms with Crippen LogP contribution in [0, 0.1) is 19.8 Å². The highest BCUT2D eigenvalue weighted by Gasteiger charge is 2.28. The monoisotopic (exact) mass is 369 g/mol. The molecule has 144 valence electrons. The molecule has 27 heavy (non-hydrogen) atoms. The molecule has 0 spiro atoms. The first-order chi connectivity index (χ1) is 12.8. The molecule has 0 radical (unpaired) electrons. The van der Waals surface area contributed by atoms with Crippen LogP contribution in [0.25, 0.3) is 0 Å². The van der Waals surface area contributed by atoms with E-state index in [-0.39, 0.29) is 24.1 Å². The Labute approximate surface area is 160 Å². The normalized spacial score (nSPS) is 13.1. The minimum Gasteiger partial charge on any atom is -0.457 e. The van der Waals surface area contributed by atoms with E-state index in [4.69, 9.17) is 4.74 Å². The van der Waals surface area contributed by atoms with Crippen LogP contribution in [0.15, 0.2) is 30.3 Å².